The van der Waals surface area contributed by atoms with Crippen LogP contribution >= 0.6 is 23.2 Å². The number of carbonyl (C=O) groups is 1. The van der Waals surface area contributed by atoms with E-state index in [0.29, 0.717) is 29.0 Å². The fraction of sp³-hybridized carbons (Fsp3) is 0.167. The monoisotopic (exact) mass is 456 g/mol. The van der Waals surface area contributed by atoms with Crippen LogP contribution in [0.3, 0.4) is 0 Å². The lowest BCUT2D eigenvalue weighted by atomic mass is 10.1. The average molecular weight is 457 g/mol. The third kappa shape index (κ3) is 7.31. The van der Waals surface area contributed by atoms with Gasteiger partial charge in [0.1, 0.15) is 18.1 Å². The minimum absolute atomic E-state index is 0.201. The fourth-order valence-electron chi connectivity index (χ4n) is 2.75. The zero-order valence-electron chi connectivity index (χ0n) is 17.0. The van der Waals surface area contributed by atoms with Crippen molar-refractivity contribution in [1.82, 2.24) is 5.43 Å². The molecule has 0 atom stereocenters. The Kier molecular flexibility index (Phi) is 8.33. The Morgan fingerprint density at radius 2 is 1.71 bits per heavy atom. The SMILES string of the molecule is CCOc1ccc(CC(=O)N/N=C\c2cccc(OCc3ccc(Cl)c(Cl)c3)c2)cc1. The Hall–Kier alpha value is -3.02. The van der Waals surface area contributed by atoms with E-state index in [1.165, 1.54) is 0 Å². The summed E-state index contributed by atoms with van der Waals surface area (Å²) in [6.07, 6.45) is 1.80. The van der Waals surface area contributed by atoms with Crippen LogP contribution in [0.15, 0.2) is 71.8 Å². The van der Waals surface area contributed by atoms with E-state index in [0.717, 1.165) is 22.4 Å². The van der Waals surface area contributed by atoms with Crippen LogP contribution in [-0.2, 0) is 17.8 Å². The predicted molar refractivity (Wildman–Crippen MR) is 124 cm³/mol. The predicted octanol–water partition coefficient (Wildman–Crippen LogP) is 5.66. The topological polar surface area (TPSA) is 59.9 Å². The zero-order chi connectivity index (χ0) is 22.1. The molecule has 0 aliphatic carbocycles. The number of hydrogen-bond donors (Lipinski definition) is 1. The van der Waals surface area contributed by atoms with Crippen molar-refractivity contribution in [2.75, 3.05) is 6.61 Å². The lowest BCUT2D eigenvalue weighted by Crippen LogP contribution is -2.19. The third-order valence-corrected chi connectivity index (χ3v) is 4.99. The maximum Gasteiger partial charge on any atom is 0.244 e. The van der Waals surface area contributed by atoms with Crippen LogP contribution in [-0.4, -0.2) is 18.7 Å². The Morgan fingerprint density at radius 1 is 0.935 bits per heavy atom. The smallest absolute Gasteiger partial charge is 0.244 e. The molecule has 3 aromatic rings. The summed E-state index contributed by atoms with van der Waals surface area (Å²) in [5.74, 6) is 1.26. The van der Waals surface area contributed by atoms with Crippen molar-refractivity contribution in [3.8, 4) is 11.5 Å². The molecular formula is C24H22Cl2N2O3. The minimum Gasteiger partial charge on any atom is -0.494 e. The molecule has 0 aliphatic rings. The molecule has 0 saturated carbocycles. The Labute approximate surface area is 191 Å². The van der Waals surface area contributed by atoms with Crippen molar-refractivity contribution in [2.45, 2.75) is 20.0 Å². The molecule has 0 radical (unpaired) electrons. The molecule has 3 rings (SSSR count). The summed E-state index contributed by atoms with van der Waals surface area (Å²) < 4.78 is 11.2. The average Bonchev–Trinajstić information content (AvgIpc) is 2.76. The summed E-state index contributed by atoms with van der Waals surface area (Å²) in [5.41, 5.74) is 5.13. The molecule has 3 aromatic carbocycles. The van der Waals surface area contributed by atoms with Crippen LogP contribution < -0.4 is 14.9 Å². The molecule has 160 valence electrons. The zero-order valence-corrected chi connectivity index (χ0v) is 18.5. The highest BCUT2D eigenvalue weighted by molar-refractivity contribution is 6.42. The quantitative estimate of drug-likeness (QED) is 0.333. The molecule has 0 bridgehead atoms. The second kappa shape index (κ2) is 11.4. The number of rotatable bonds is 9. The van der Waals surface area contributed by atoms with Crippen molar-refractivity contribution >= 4 is 35.3 Å². The van der Waals surface area contributed by atoms with Gasteiger partial charge in [0, 0.05) is 0 Å². The van der Waals surface area contributed by atoms with E-state index in [9.17, 15) is 4.79 Å². The second-order valence-corrected chi connectivity index (χ2v) is 7.47. The molecule has 31 heavy (non-hydrogen) atoms. The molecule has 0 heterocycles. The number of nitrogens with zero attached hydrogens (tertiary/aromatic N) is 1. The summed E-state index contributed by atoms with van der Waals surface area (Å²) in [6, 6.07) is 20.2. The third-order valence-electron chi connectivity index (χ3n) is 4.25. The number of benzene rings is 3. The van der Waals surface area contributed by atoms with E-state index in [-0.39, 0.29) is 12.3 Å². The van der Waals surface area contributed by atoms with Crippen LogP contribution in [0.25, 0.3) is 0 Å². The maximum atomic E-state index is 12.1. The molecular weight excluding hydrogens is 435 g/mol. The van der Waals surface area contributed by atoms with E-state index in [2.05, 4.69) is 10.5 Å². The van der Waals surface area contributed by atoms with E-state index in [1.54, 1.807) is 18.3 Å². The summed E-state index contributed by atoms with van der Waals surface area (Å²) in [5, 5.41) is 5.03. The maximum absolute atomic E-state index is 12.1. The largest absolute Gasteiger partial charge is 0.494 e. The van der Waals surface area contributed by atoms with Gasteiger partial charge >= 0.3 is 0 Å². The number of carbonyl (C=O) groups excluding carboxylic acids is 1. The van der Waals surface area contributed by atoms with Gasteiger partial charge in [-0.25, -0.2) is 5.43 Å². The normalized spacial score (nSPS) is 10.8. The van der Waals surface area contributed by atoms with Crippen molar-refractivity contribution in [1.29, 1.82) is 0 Å². The molecule has 0 unspecified atom stereocenters. The van der Waals surface area contributed by atoms with Gasteiger partial charge in [0.25, 0.3) is 0 Å². The number of halogens is 2. The number of hydrogen-bond acceptors (Lipinski definition) is 4. The van der Waals surface area contributed by atoms with Crippen molar-refractivity contribution < 1.29 is 14.3 Å². The van der Waals surface area contributed by atoms with Crippen LogP contribution in [0.2, 0.25) is 10.0 Å². The first-order valence-corrected chi connectivity index (χ1v) is 10.5. The van der Waals surface area contributed by atoms with Gasteiger partial charge in [0.2, 0.25) is 5.91 Å². The first-order chi connectivity index (χ1) is 15.0. The minimum atomic E-state index is -0.201. The van der Waals surface area contributed by atoms with E-state index < -0.39 is 0 Å². The van der Waals surface area contributed by atoms with E-state index in [4.69, 9.17) is 32.7 Å². The van der Waals surface area contributed by atoms with Gasteiger partial charge < -0.3 is 9.47 Å². The fourth-order valence-corrected chi connectivity index (χ4v) is 3.08. The molecule has 0 fully saturated rings. The Balaban J connectivity index is 1.50. The standard InChI is InChI=1S/C24H22Cl2N2O3/c1-2-30-20-9-6-17(7-10-20)14-24(29)28-27-15-18-4-3-5-21(12-18)31-16-19-8-11-22(25)23(26)13-19/h3-13,15H,2,14,16H2,1H3,(H,28,29)/b27-15-. The lowest BCUT2D eigenvalue weighted by Gasteiger charge is -2.08. The first kappa shape index (κ1) is 22.7. The van der Waals surface area contributed by atoms with Gasteiger partial charge in [-0.1, -0.05) is 53.5 Å². The van der Waals surface area contributed by atoms with Crippen molar-refractivity contribution in [2.24, 2.45) is 5.10 Å². The van der Waals surface area contributed by atoms with Crippen LogP contribution in [0, 0.1) is 0 Å². The van der Waals surface area contributed by atoms with Gasteiger partial charge in [0.05, 0.1) is 29.3 Å². The summed E-state index contributed by atoms with van der Waals surface area (Å²) >= 11 is 12.0. The van der Waals surface area contributed by atoms with Gasteiger partial charge in [-0.3, -0.25) is 4.79 Å². The molecule has 1 N–H and O–H groups in total. The summed E-state index contributed by atoms with van der Waals surface area (Å²) in [4.78, 5) is 12.1. The molecule has 1 amide bonds. The van der Waals surface area contributed by atoms with Crippen LogP contribution in [0.5, 0.6) is 11.5 Å². The van der Waals surface area contributed by atoms with Crippen LogP contribution in [0.1, 0.15) is 23.6 Å². The molecule has 0 aliphatic heterocycles. The summed E-state index contributed by atoms with van der Waals surface area (Å²) in [6.45, 7) is 2.89. The molecule has 0 saturated heterocycles. The first-order valence-electron chi connectivity index (χ1n) is 9.74. The molecule has 0 spiro atoms. The van der Waals surface area contributed by atoms with Crippen LogP contribution in [0.4, 0.5) is 0 Å². The van der Waals surface area contributed by atoms with Crippen molar-refractivity contribution in [3.63, 3.8) is 0 Å². The van der Waals surface area contributed by atoms with Gasteiger partial charge in [0.15, 0.2) is 0 Å². The second-order valence-electron chi connectivity index (χ2n) is 6.66. The molecule has 0 aromatic heterocycles. The van der Waals surface area contributed by atoms with E-state index in [1.807, 2.05) is 61.5 Å². The highest BCUT2D eigenvalue weighted by Gasteiger charge is 2.04. The number of amides is 1. The Morgan fingerprint density at radius 3 is 2.45 bits per heavy atom. The highest BCUT2D eigenvalue weighted by atomic mass is 35.5. The number of ether oxygens (including phenoxy) is 2. The summed E-state index contributed by atoms with van der Waals surface area (Å²) in [7, 11) is 0. The van der Waals surface area contributed by atoms with Gasteiger partial charge in [-0.05, 0) is 60.0 Å². The highest BCUT2D eigenvalue weighted by Crippen LogP contribution is 2.23. The number of nitrogens with one attached hydrogen (secondary N) is 1. The molecule has 7 heteroatoms. The van der Waals surface area contributed by atoms with Gasteiger partial charge in [-0.2, -0.15) is 5.10 Å². The Bertz CT molecular complexity index is 1050. The molecule has 5 nitrogen and oxygen atoms in total. The van der Waals surface area contributed by atoms with Gasteiger partial charge in [-0.15, -0.1) is 0 Å². The lowest BCUT2D eigenvalue weighted by molar-refractivity contribution is -0.120. The number of hydrazone groups is 1. The van der Waals surface area contributed by atoms with E-state index >= 15 is 0 Å². The van der Waals surface area contributed by atoms with Crippen molar-refractivity contribution in [3.05, 3.63) is 93.5 Å².